The third kappa shape index (κ3) is 4.91. The van der Waals surface area contributed by atoms with Crippen molar-refractivity contribution in [1.82, 2.24) is 5.32 Å². The number of ether oxygens (including phenoxy) is 1. The Labute approximate surface area is 142 Å². The van der Waals surface area contributed by atoms with E-state index in [0.29, 0.717) is 4.24 Å². The van der Waals surface area contributed by atoms with E-state index in [1.165, 1.54) is 18.9 Å². The minimum Gasteiger partial charge on any atom is -0.468 e. The maximum absolute atomic E-state index is 12.0. The van der Waals surface area contributed by atoms with Crippen LogP contribution in [-0.2, 0) is 14.3 Å². The largest absolute Gasteiger partial charge is 0.468 e. The second-order valence-electron chi connectivity index (χ2n) is 4.42. The van der Waals surface area contributed by atoms with Gasteiger partial charge < -0.3 is 10.1 Å². The van der Waals surface area contributed by atoms with Crippen molar-refractivity contribution in [2.24, 2.45) is 0 Å². The van der Waals surface area contributed by atoms with Gasteiger partial charge in [-0.1, -0.05) is 54.2 Å². The van der Waals surface area contributed by atoms with Crippen molar-refractivity contribution >= 4 is 41.5 Å². The van der Waals surface area contributed by atoms with E-state index < -0.39 is 11.9 Å². The summed E-state index contributed by atoms with van der Waals surface area (Å²) < 4.78 is 5.11. The van der Waals surface area contributed by atoms with Crippen LogP contribution >= 0.6 is 23.5 Å². The summed E-state index contributed by atoms with van der Waals surface area (Å²) in [5.41, 5.74) is 1.05. The van der Waals surface area contributed by atoms with Crippen LogP contribution in [0.25, 0.3) is 6.08 Å². The average molecular weight is 346 g/mol. The molecule has 0 bridgehead atoms. The normalized spacial score (nSPS) is 17.7. The van der Waals surface area contributed by atoms with Gasteiger partial charge in [0.2, 0.25) is 0 Å². The van der Waals surface area contributed by atoms with E-state index in [1.807, 2.05) is 48.6 Å². The van der Waals surface area contributed by atoms with Crippen LogP contribution in [0.3, 0.4) is 0 Å². The van der Waals surface area contributed by atoms with Crippen molar-refractivity contribution < 1.29 is 14.3 Å². The summed E-state index contributed by atoms with van der Waals surface area (Å²) in [6.45, 7) is 0. The van der Waals surface area contributed by atoms with Crippen LogP contribution in [0.1, 0.15) is 5.56 Å². The van der Waals surface area contributed by atoms with Crippen molar-refractivity contribution in [3.8, 4) is 6.07 Å². The number of rotatable bonds is 5. The van der Waals surface area contributed by atoms with E-state index in [9.17, 15) is 9.59 Å². The number of carbonyl (C=O) groups excluding carboxylic acids is 2. The summed E-state index contributed by atoms with van der Waals surface area (Å²) in [4.78, 5) is 23.3. The first-order chi connectivity index (χ1) is 11.1. The van der Waals surface area contributed by atoms with Crippen LogP contribution in [0.2, 0.25) is 0 Å². The lowest BCUT2D eigenvalue weighted by Gasteiger charge is -2.22. The molecule has 0 fully saturated rings. The number of thioether (sulfide) groups is 2. The molecule has 1 aromatic rings. The third-order valence-electron chi connectivity index (χ3n) is 2.86. The van der Waals surface area contributed by atoms with Gasteiger partial charge in [-0.15, -0.1) is 11.8 Å². The van der Waals surface area contributed by atoms with Crippen molar-refractivity contribution in [2.45, 2.75) is 5.37 Å². The van der Waals surface area contributed by atoms with Crippen LogP contribution in [0.5, 0.6) is 0 Å². The Balaban J connectivity index is 2.10. The number of hydrogen-bond donors (Lipinski definition) is 1. The van der Waals surface area contributed by atoms with Crippen molar-refractivity contribution in [1.29, 1.82) is 5.26 Å². The Bertz CT molecular complexity index is 693. The lowest BCUT2D eigenvalue weighted by Crippen LogP contribution is -2.35. The number of carbonyl (C=O) groups is 2. The molecule has 0 spiro atoms. The van der Waals surface area contributed by atoms with E-state index in [0.717, 1.165) is 17.3 Å². The molecule has 23 heavy (non-hydrogen) atoms. The lowest BCUT2D eigenvalue weighted by molar-refractivity contribution is -0.137. The van der Waals surface area contributed by atoms with Crippen molar-refractivity contribution in [3.05, 3.63) is 51.8 Å². The zero-order chi connectivity index (χ0) is 16.7. The Hall–Kier alpha value is -2.17. The second kappa shape index (κ2) is 8.46. The monoisotopic (exact) mass is 346 g/mol. The number of esters is 1. The molecule has 1 N–H and O–H groups in total. The topological polar surface area (TPSA) is 79.2 Å². The molecule has 1 amide bonds. The molecule has 1 unspecified atom stereocenters. The summed E-state index contributed by atoms with van der Waals surface area (Å²) in [5.74, 6) is -0.768. The predicted molar refractivity (Wildman–Crippen MR) is 92.1 cm³/mol. The highest BCUT2D eigenvalue weighted by atomic mass is 32.2. The fraction of sp³-hybridized carbons (Fsp3) is 0.188. The van der Waals surface area contributed by atoms with Gasteiger partial charge in [0.15, 0.2) is 0 Å². The first-order valence-corrected chi connectivity index (χ1v) is 8.55. The highest BCUT2D eigenvalue weighted by Crippen LogP contribution is 2.37. The summed E-state index contributed by atoms with van der Waals surface area (Å²) in [7, 11) is 1.30. The fourth-order valence-corrected chi connectivity index (χ4v) is 3.95. The Morgan fingerprint density at radius 2 is 2.22 bits per heavy atom. The number of nitrogens with zero attached hydrogens (tertiary/aromatic N) is 1. The molecule has 0 radical (unpaired) electrons. The number of methoxy groups -OCH3 is 1. The molecule has 1 aliphatic rings. The molecule has 0 aliphatic carbocycles. The van der Waals surface area contributed by atoms with Gasteiger partial charge in [-0.3, -0.25) is 9.59 Å². The highest BCUT2D eigenvalue weighted by molar-refractivity contribution is 8.23. The second-order valence-corrected chi connectivity index (χ2v) is 6.82. The molecule has 1 heterocycles. The molecule has 118 valence electrons. The number of benzene rings is 1. The number of hydrogen-bond acceptors (Lipinski definition) is 6. The van der Waals surface area contributed by atoms with Gasteiger partial charge >= 0.3 is 5.97 Å². The Kier molecular flexibility index (Phi) is 6.32. The van der Waals surface area contributed by atoms with Crippen molar-refractivity contribution in [3.63, 3.8) is 0 Å². The molecule has 7 heteroatoms. The van der Waals surface area contributed by atoms with Gasteiger partial charge in [-0.25, -0.2) is 0 Å². The van der Waals surface area contributed by atoms with Gasteiger partial charge in [0.05, 0.1) is 22.5 Å². The van der Waals surface area contributed by atoms with Gasteiger partial charge in [-0.2, -0.15) is 5.26 Å². The molecule has 5 nitrogen and oxygen atoms in total. The molecular formula is C16H14N2O3S2. The Morgan fingerprint density at radius 1 is 1.48 bits per heavy atom. The van der Waals surface area contributed by atoms with Crippen LogP contribution in [-0.4, -0.2) is 30.1 Å². The number of nitrogens with one attached hydrogen (secondary N) is 1. The van der Waals surface area contributed by atoms with Gasteiger partial charge in [-0.05, 0) is 5.56 Å². The average Bonchev–Trinajstić information content (AvgIpc) is 2.58. The zero-order valence-corrected chi connectivity index (χ0v) is 13.9. The standard InChI is InChI=1S/C16H14N2O3S2/c1-21-14(19)10-22-16-12(9-17)15(20)18-13(23-16)8-7-11-5-3-2-4-6-11/h2-8,13H,10H2,1H3,(H,18,20). The summed E-state index contributed by atoms with van der Waals surface area (Å²) in [6.07, 6.45) is 3.75. The zero-order valence-electron chi connectivity index (χ0n) is 12.3. The molecule has 2 rings (SSSR count). The first kappa shape index (κ1) is 17.2. The molecule has 1 aromatic carbocycles. The van der Waals surface area contributed by atoms with E-state index in [4.69, 9.17) is 5.26 Å². The van der Waals surface area contributed by atoms with E-state index in [2.05, 4.69) is 10.1 Å². The van der Waals surface area contributed by atoms with Crippen LogP contribution in [0.15, 0.2) is 46.2 Å². The maximum Gasteiger partial charge on any atom is 0.316 e. The SMILES string of the molecule is COC(=O)CSC1=C(C#N)C(=O)NC(C=Cc2ccccc2)S1. The molecule has 0 saturated heterocycles. The van der Waals surface area contributed by atoms with E-state index >= 15 is 0 Å². The fourth-order valence-electron chi connectivity index (χ4n) is 1.73. The predicted octanol–water partition coefficient (Wildman–Crippen LogP) is 2.53. The van der Waals surface area contributed by atoms with Gasteiger partial charge in [0, 0.05) is 0 Å². The summed E-state index contributed by atoms with van der Waals surface area (Å²) in [5, 5.41) is 11.6. The third-order valence-corrected chi connectivity index (χ3v) is 5.30. The smallest absolute Gasteiger partial charge is 0.316 e. The Morgan fingerprint density at radius 3 is 2.87 bits per heavy atom. The highest BCUT2D eigenvalue weighted by Gasteiger charge is 2.27. The lowest BCUT2D eigenvalue weighted by atomic mass is 10.2. The van der Waals surface area contributed by atoms with Gasteiger partial charge in [0.25, 0.3) is 5.91 Å². The van der Waals surface area contributed by atoms with Crippen molar-refractivity contribution in [2.75, 3.05) is 12.9 Å². The molecule has 0 aromatic heterocycles. The molecular weight excluding hydrogens is 332 g/mol. The summed E-state index contributed by atoms with van der Waals surface area (Å²) >= 11 is 2.48. The van der Waals surface area contributed by atoms with Crippen LogP contribution in [0, 0.1) is 11.3 Å². The van der Waals surface area contributed by atoms with Crippen LogP contribution in [0.4, 0.5) is 0 Å². The molecule has 1 aliphatic heterocycles. The quantitative estimate of drug-likeness (QED) is 0.826. The summed E-state index contributed by atoms with van der Waals surface area (Å²) in [6, 6.07) is 11.6. The first-order valence-electron chi connectivity index (χ1n) is 6.69. The van der Waals surface area contributed by atoms with E-state index in [-0.39, 0.29) is 16.7 Å². The van der Waals surface area contributed by atoms with Crippen LogP contribution < -0.4 is 5.32 Å². The minimum absolute atomic E-state index is 0.0354. The molecule has 0 saturated carbocycles. The number of nitriles is 1. The minimum atomic E-state index is -0.429. The maximum atomic E-state index is 12.0. The van der Waals surface area contributed by atoms with E-state index in [1.54, 1.807) is 0 Å². The molecule has 1 atom stereocenters. The van der Waals surface area contributed by atoms with Gasteiger partial charge in [0.1, 0.15) is 11.6 Å². The number of amides is 1.